The Morgan fingerprint density at radius 1 is 1.45 bits per heavy atom. The van der Waals surface area contributed by atoms with E-state index < -0.39 is 0 Å². The van der Waals surface area contributed by atoms with Gasteiger partial charge in [-0.3, -0.25) is 14.3 Å². The van der Waals surface area contributed by atoms with Crippen molar-refractivity contribution in [1.29, 1.82) is 0 Å². The number of pyridine rings is 1. The van der Waals surface area contributed by atoms with Crippen LogP contribution >= 0.6 is 11.3 Å². The van der Waals surface area contributed by atoms with Gasteiger partial charge in [0, 0.05) is 18.4 Å². The van der Waals surface area contributed by atoms with E-state index in [0.29, 0.717) is 0 Å². The molecule has 0 aliphatic rings. The smallest absolute Gasteiger partial charge is 0.271 e. The fourth-order valence-corrected chi connectivity index (χ4v) is 3.25. The quantitative estimate of drug-likeness (QED) is 0.743. The summed E-state index contributed by atoms with van der Waals surface area (Å²) in [6, 6.07) is 4.00. The molecule has 1 atom stereocenters. The van der Waals surface area contributed by atoms with Gasteiger partial charge < -0.3 is 0 Å². The van der Waals surface area contributed by atoms with Gasteiger partial charge in [0.25, 0.3) is 5.56 Å². The van der Waals surface area contributed by atoms with Crippen LogP contribution in [0.2, 0.25) is 0 Å². The molecule has 3 heterocycles. The number of fused-ring (bicyclic) bond motifs is 1. The van der Waals surface area contributed by atoms with Crippen LogP contribution in [0.5, 0.6) is 0 Å². The van der Waals surface area contributed by atoms with E-state index in [4.69, 9.17) is 0 Å². The molecule has 0 N–H and O–H groups in total. The highest BCUT2D eigenvalue weighted by molar-refractivity contribution is 7.17. The number of hydrogen-bond acceptors (Lipinski definition) is 4. The molecule has 102 valence electrons. The first kappa shape index (κ1) is 13.0. The maximum atomic E-state index is 12.5. The van der Waals surface area contributed by atoms with Crippen molar-refractivity contribution >= 4 is 21.6 Å². The molecule has 1 unspecified atom stereocenters. The molecule has 3 rings (SSSR count). The summed E-state index contributed by atoms with van der Waals surface area (Å²) in [6.45, 7) is 4.01. The Kier molecular flexibility index (Phi) is 3.36. The first-order chi connectivity index (χ1) is 9.66. The predicted octanol–water partition coefficient (Wildman–Crippen LogP) is 2.97. The van der Waals surface area contributed by atoms with Gasteiger partial charge in [0.15, 0.2) is 0 Å². The third kappa shape index (κ3) is 2.25. The minimum atomic E-state index is 0.0458. The number of hydrogen-bond donors (Lipinski definition) is 0. The van der Waals surface area contributed by atoms with Crippen molar-refractivity contribution < 1.29 is 0 Å². The third-order valence-corrected chi connectivity index (χ3v) is 4.49. The van der Waals surface area contributed by atoms with E-state index >= 15 is 0 Å². The van der Waals surface area contributed by atoms with Crippen LogP contribution in [0.15, 0.2) is 41.0 Å². The molecule has 0 saturated carbocycles. The molecule has 0 aromatic carbocycles. The normalized spacial score (nSPS) is 12.7. The molecule has 0 radical (unpaired) electrons. The maximum absolute atomic E-state index is 12.5. The van der Waals surface area contributed by atoms with Crippen molar-refractivity contribution in [3.05, 3.63) is 57.7 Å². The Morgan fingerprint density at radius 2 is 2.30 bits per heavy atom. The molecule has 0 aliphatic heterocycles. The Balaban J connectivity index is 1.98. The number of rotatable bonds is 3. The summed E-state index contributed by atoms with van der Waals surface area (Å²) in [5.41, 5.74) is 3.05. The van der Waals surface area contributed by atoms with Crippen LogP contribution in [-0.2, 0) is 6.42 Å². The second-order valence-electron chi connectivity index (χ2n) is 4.97. The number of aromatic nitrogens is 3. The van der Waals surface area contributed by atoms with Crippen LogP contribution in [0.1, 0.15) is 24.1 Å². The van der Waals surface area contributed by atoms with Gasteiger partial charge in [-0.1, -0.05) is 6.07 Å². The average molecular weight is 285 g/mol. The first-order valence-electron chi connectivity index (χ1n) is 6.50. The lowest BCUT2D eigenvalue weighted by Gasteiger charge is -2.14. The van der Waals surface area contributed by atoms with Gasteiger partial charge in [-0.15, -0.1) is 11.3 Å². The second kappa shape index (κ2) is 5.17. The van der Waals surface area contributed by atoms with E-state index in [1.165, 1.54) is 11.3 Å². The first-order valence-corrected chi connectivity index (χ1v) is 7.38. The van der Waals surface area contributed by atoms with Gasteiger partial charge in [-0.2, -0.15) is 0 Å². The summed E-state index contributed by atoms with van der Waals surface area (Å²) >= 11 is 1.47. The van der Waals surface area contributed by atoms with Gasteiger partial charge in [-0.05, 0) is 42.8 Å². The van der Waals surface area contributed by atoms with Crippen LogP contribution in [0.4, 0.5) is 0 Å². The topological polar surface area (TPSA) is 47.8 Å². The molecule has 0 fully saturated rings. The third-order valence-electron chi connectivity index (χ3n) is 3.41. The molecule has 0 saturated heterocycles. The number of aryl methyl sites for hydroxylation is 1. The minimum Gasteiger partial charge on any atom is -0.295 e. The summed E-state index contributed by atoms with van der Waals surface area (Å²) in [5.74, 6) is 0. The van der Waals surface area contributed by atoms with E-state index in [9.17, 15) is 4.79 Å². The number of nitrogens with zero attached hydrogens (tertiary/aromatic N) is 3. The predicted molar refractivity (Wildman–Crippen MR) is 81.3 cm³/mol. The van der Waals surface area contributed by atoms with Gasteiger partial charge >= 0.3 is 0 Å². The lowest BCUT2D eigenvalue weighted by atomic mass is 10.1. The average Bonchev–Trinajstić information content (AvgIpc) is 2.83. The van der Waals surface area contributed by atoms with Crippen molar-refractivity contribution in [2.75, 3.05) is 0 Å². The fourth-order valence-electron chi connectivity index (χ4n) is 2.31. The van der Waals surface area contributed by atoms with Crippen molar-refractivity contribution in [1.82, 2.24) is 14.5 Å². The second-order valence-corrected chi connectivity index (χ2v) is 5.85. The summed E-state index contributed by atoms with van der Waals surface area (Å²) in [7, 11) is 0. The molecule has 0 amide bonds. The molecule has 0 spiro atoms. The SMILES string of the molecule is Cc1csc2c(=O)n(C(C)Cc3cccnc3)cnc12. The summed E-state index contributed by atoms with van der Waals surface area (Å²) in [6.07, 6.45) is 6.02. The molecule has 0 bridgehead atoms. The Bertz CT molecular complexity index is 792. The maximum Gasteiger partial charge on any atom is 0.271 e. The minimum absolute atomic E-state index is 0.0458. The Morgan fingerprint density at radius 3 is 3.05 bits per heavy atom. The summed E-state index contributed by atoms with van der Waals surface area (Å²) in [5, 5.41) is 1.98. The van der Waals surface area contributed by atoms with Crippen molar-refractivity contribution in [3.8, 4) is 0 Å². The van der Waals surface area contributed by atoms with Crippen LogP contribution in [0.3, 0.4) is 0 Å². The van der Waals surface area contributed by atoms with Gasteiger partial charge in [-0.25, -0.2) is 4.98 Å². The molecule has 0 aliphatic carbocycles. The van der Waals surface area contributed by atoms with E-state index in [1.54, 1.807) is 17.1 Å². The van der Waals surface area contributed by atoms with Crippen molar-refractivity contribution in [3.63, 3.8) is 0 Å². The Hall–Kier alpha value is -2.01. The van der Waals surface area contributed by atoms with E-state index in [1.807, 2.05) is 37.6 Å². The summed E-state index contributed by atoms with van der Waals surface area (Å²) < 4.78 is 2.45. The lowest BCUT2D eigenvalue weighted by molar-refractivity contribution is 0.523. The fraction of sp³-hybridized carbons (Fsp3) is 0.267. The van der Waals surface area contributed by atoms with Gasteiger partial charge in [0.05, 0.1) is 11.8 Å². The molecule has 3 aromatic heterocycles. The highest BCUT2D eigenvalue weighted by atomic mass is 32.1. The highest BCUT2D eigenvalue weighted by Gasteiger charge is 2.13. The van der Waals surface area contributed by atoms with Crippen molar-refractivity contribution in [2.24, 2.45) is 0 Å². The number of thiophene rings is 1. The molecule has 4 nitrogen and oxygen atoms in total. The standard InChI is InChI=1S/C15H15N3OS/c1-10-8-20-14-13(10)17-9-18(15(14)19)11(2)6-12-4-3-5-16-7-12/h3-5,7-9,11H,6H2,1-2H3. The van der Waals surface area contributed by atoms with E-state index in [-0.39, 0.29) is 11.6 Å². The van der Waals surface area contributed by atoms with Crippen LogP contribution in [0.25, 0.3) is 10.2 Å². The zero-order valence-electron chi connectivity index (χ0n) is 11.4. The zero-order chi connectivity index (χ0) is 14.1. The zero-order valence-corrected chi connectivity index (χ0v) is 12.2. The molecular formula is C15H15N3OS. The molecule has 3 aromatic rings. The van der Waals surface area contributed by atoms with E-state index in [0.717, 1.165) is 27.8 Å². The molecule has 5 heteroatoms. The van der Waals surface area contributed by atoms with Crippen LogP contribution in [-0.4, -0.2) is 14.5 Å². The van der Waals surface area contributed by atoms with E-state index in [2.05, 4.69) is 9.97 Å². The Labute approximate surface area is 120 Å². The van der Waals surface area contributed by atoms with Gasteiger partial charge in [0.1, 0.15) is 4.70 Å². The van der Waals surface area contributed by atoms with Crippen molar-refractivity contribution in [2.45, 2.75) is 26.3 Å². The van der Waals surface area contributed by atoms with Crippen LogP contribution in [0, 0.1) is 6.92 Å². The largest absolute Gasteiger partial charge is 0.295 e. The molecular weight excluding hydrogens is 270 g/mol. The monoisotopic (exact) mass is 285 g/mol. The van der Waals surface area contributed by atoms with Crippen LogP contribution < -0.4 is 5.56 Å². The molecule has 20 heavy (non-hydrogen) atoms. The summed E-state index contributed by atoms with van der Waals surface area (Å²) in [4.78, 5) is 21.0. The highest BCUT2D eigenvalue weighted by Crippen LogP contribution is 2.20. The lowest BCUT2D eigenvalue weighted by Crippen LogP contribution is -2.24. The van der Waals surface area contributed by atoms with Gasteiger partial charge in [0.2, 0.25) is 0 Å².